The van der Waals surface area contributed by atoms with Gasteiger partial charge < -0.3 is 4.90 Å². The second-order valence-electron chi connectivity index (χ2n) is 4.58. The third-order valence-electron chi connectivity index (χ3n) is 3.39. The highest BCUT2D eigenvalue weighted by atomic mass is 16.6. The first-order chi connectivity index (χ1) is 8.75. The number of nitrogens with one attached hydrogen (secondary N) is 1. The maximum Gasteiger partial charge on any atom is 0.271 e. The topological polar surface area (TPSA) is 75.1 Å². The monoisotopic (exact) mass is 246 g/mol. The van der Waals surface area contributed by atoms with Gasteiger partial charge in [0.05, 0.1) is 10.4 Å². The van der Waals surface area contributed by atoms with Gasteiger partial charge in [-0.25, -0.2) is 0 Å². The number of hydrogen-bond acceptors (Lipinski definition) is 4. The Morgan fingerprint density at radius 2 is 2.06 bits per heavy atom. The van der Waals surface area contributed by atoms with Gasteiger partial charge in [0.1, 0.15) is 0 Å². The number of rotatable bonds is 2. The van der Waals surface area contributed by atoms with Crippen LogP contribution >= 0.6 is 0 Å². The van der Waals surface area contributed by atoms with E-state index in [1.54, 1.807) is 6.07 Å². The standard InChI is InChI=1S/C12H14N4O2/c17-16(18)9-4-5-10-11(8-9)13-14-12(10)15-6-2-1-3-7-15/h4-5,8H,1-3,6-7H2,(H,13,14). The lowest BCUT2D eigenvalue weighted by molar-refractivity contribution is -0.384. The Morgan fingerprint density at radius 1 is 1.28 bits per heavy atom. The molecule has 1 N–H and O–H groups in total. The number of benzene rings is 1. The molecule has 0 atom stereocenters. The van der Waals surface area contributed by atoms with E-state index >= 15 is 0 Å². The zero-order chi connectivity index (χ0) is 12.5. The first-order valence-corrected chi connectivity index (χ1v) is 6.13. The van der Waals surface area contributed by atoms with Crippen molar-refractivity contribution < 1.29 is 4.92 Å². The van der Waals surface area contributed by atoms with E-state index in [1.165, 1.54) is 31.4 Å². The molecule has 0 bridgehead atoms. The lowest BCUT2D eigenvalue weighted by Crippen LogP contribution is -2.29. The highest BCUT2D eigenvalue weighted by molar-refractivity contribution is 5.91. The van der Waals surface area contributed by atoms with Crippen molar-refractivity contribution >= 4 is 22.4 Å². The van der Waals surface area contributed by atoms with Gasteiger partial charge in [-0.3, -0.25) is 15.2 Å². The molecule has 0 spiro atoms. The maximum absolute atomic E-state index is 10.7. The smallest absolute Gasteiger partial charge is 0.271 e. The Balaban J connectivity index is 2.01. The van der Waals surface area contributed by atoms with Gasteiger partial charge in [0, 0.05) is 30.6 Å². The number of H-pyrrole nitrogens is 1. The first-order valence-electron chi connectivity index (χ1n) is 6.13. The summed E-state index contributed by atoms with van der Waals surface area (Å²) in [6, 6.07) is 4.85. The van der Waals surface area contributed by atoms with Crippen molar-refractivity contribution in [2.75, 3.05) is 18.0 Å². The van der Waals surface area contributed by atoms with Gasteiger partial charge in [0.2, 0.25) is 0 Å². The summed E-state index contributed by atoms with van der Waals surface area (Å²) in [6.07, 6.45) is 3.63. The van der Waals surface area contributed by atoms with Gasteiger partial charge in [-0.2, -0.15) is 5.10 Å². The van der Waals surface area contributed by atoms with Gasteiger partial charge in [-0.05, 0) is 25.3 Å². The molecule has 0 saturated carbocycles. The molecule has 0 amide bonds. The van der Waals surface area contributed by atoms with Crippen LogP contribution in [0.15, 0.2) is 18.2 Å². The minimum absolute atomic E-state index is 0.0938. The van der Waals surface area contributed by atoms with Crippen LogP contribution in [0.1, 0.15) is 19.3 Å². The number of aromatic amines is 1. The molecule has 0 aliphatic carbocycles. The van der Waals surface area contributed by atoms with Gasteiger partial charge in [-0.15, -0.1) is 0 Å². The summed E-state index contributed by atoms with van der Waals surface area (Å²) in [5, 5.41) is 18.9. The molecule has 3 rings (SSSR count). The molecule has 2 aromatic rings. The van der Waals surface area contributed by atoms with Crippen LogP contribution in [0, 0.1) is 10.1 Å². The van der Waals surface area contributed by atoms with Crippen molar-refractivity contribution in [1.82, 2.24) is 10.2 Å². The van der Waals surface area contributed by atoms with Crippen molar-refractivity contribution in [1.29, 1.82) is 0 Å². The molecule has 1 aliphatic rings. The molecular weight excluding hydrogens is 232 g/mol. The molecule has 18 heavy (non-hydrogen) atoms. The average Bonchev–Trinajstić information content (AvgIpc) is 2.82. The minimum Gasteiger partial charge on any atom is -0.355 e. The molecular formula is C12H14N4O2. The molecule has 1 aliphatic heterocycles. The van der Waals surface area contributed by atoms with E-state index in [-0.39, 0.29) is 10.6 Å². The zero-order valence-corrected chi connectivity index (χ0v) is 9.93. The highest BCUT2D eigenvalue weighted by Crippen LogP contribution is 2.28. The van der Waals surface area contributed by atoms with Crippen molar-refractivity contribution in [3.63, 3.8) is 0 Å². The van der Waals surface area contributed by atoms with E-state index in [1.807, 2.05) is 0 Å². The second-order valence-corrected chi connectivity index (χ2v) is 4.58. The number of fused-ring (bicyclic) bond motifs is 1. The van der Waals surface area contributed by atoms with Gasteiger partial charge in [0.25, 0.3) is 5.69 Å². The van der Waals surface area contributed by atoms with E-state index < -0.39 is 0 Å². The molecule has 1 saturated heterocycles. The second kappa shape index (κ2) is 4.29. The largest absolute Gasteiger partial charge is 0.355 e. The van der Waals surface area contributed by atoms with Crippen LogP contribution in [0.4, 0.5) is 11.5 Å². The van der Waals surface area contributed by atoms with Crippen LogP contribution in [0.3, 0.4) is 0 Å². The molecule has 6 nitrogen and oxygen atoms in total. The van der Waals surface area contributed by atoms with E-state index in [0.717, 1.165) is 29.8 Å². The fourth-order valence-corrected chi connectivity index (χ4v) is 2.45. The van der Waals surface area contributed by atoms with Crippen molar-refractivity contribution in [3.8, 4) is 0 Å². The fourth-order valence-electron chi connectivity index (χ4n) is 2.45. The first kappa shape index (κ1) is 11.0. The lowest BCUT2D eigenvalue weighted by Gasteiger charge is -2.26. The van der Waals surface area contributed by atoms with Crippen LogP contribution in [0.2, 0.25) is 0 Å². The number of anilines is 1. The van der Waals surface area contributed by atoms with E-state index in [4.69, 9.17) is 0 Å². The quantitative estimate of drug-likeness (QED) is 0.652. The summed E-state index contributed by atoms with van der Waals surface area (Å²) in [6.45, 7) is 2.02. The Morgan fingerprint density at radius 3 is 2.78 bits per heavy atom. The summed E-state index contributed by atoms with van der Waals surface area (Å²) < 4.78 is 0. The van der Waals surface area contributed by atoms with E-state index in [2.05, 4.69) is 15.1 Å². The van der Waals surface area contributed by atoms with Crippen LogP contribution in [0.25, 0.3) is 10.9 Å². The predicted molar refractivity (Wildman–Crippen MR) is 68.8 cm³/mol. The minimum atomic E-state index is -0.388. The number of aromatic nitrogens is 2. The predicted octanol–water partition coefficient (Wildman–Crippen LogP) is 2.46. The summed E-state index contributed by atoms with van der Waals surface area (Å²) in [4.78, 5) is 12.6. The van der Waals surface area contributed by atoms with E-state index in [9.17, 15) is 10.1 Å². The molecule has 6 heteroatoms. The normalized spacial score (nSPS) is 16.1. The van der Waals surface area contributed by atoms with Gasteiger partial charge in [0.15, 0.2) is 5.82 Å². The Hall–Kier alpha value is -2.11. The number of piperidine rings is 1. The summed E-state index contributed by atoms with van der Waals surface area (Å²) in [5.74, 6) is 0.916. The number of nitrogens with zero attached hydrogens (tertiary/aromatic N) is 3. The molecule has 0 unspecified atom stereocenters. The molecule has 1 aromatic carbocycles. The molecule has 0 radical (unpaired) electrons. The summed E-state index contributed by atoms with van der Waals surface area (Å²) in [5.41, 5.74) is 0.820. The maximum atomic E-state index is 10.7. The van der Waals surface area contributed by atoms with Gasteiger partial charge in [-0.1, -0.05) is 0 Å². The lowest BCUT2D eigenvalue weighted by atomic mass is 10.1. The van der Waals surface area contributed by atoms with Crippen LogP contribution in [-0.4, -0.2) is 28.2 Å². The van der Waals surface area contributed by atoms with E-state index in [0.29, 0.717) is 0 Å². The summed E-state index contributed by atoms with van der Waals surface area (Å²) in [7, 11) is 0. The molecule has 1 fully saturated rings. The molecule has 2 heterocycles. The Bertz CT molecular complexity index is 587. The third kappa shape index (κ3) is 1.79. The van der Waals surface area contributed by atoms with Crippen LogP contribution in [-0.2, 0) is 0 Å². The highest BCUT2D eigenvalue weighted by Gasteiger charge is 2.17. The van der Waals surface area contributed by atoms with Crippen molar-refractivity contribution in [3.05, 3.63) is 28.3 Å². The fraction of sp³-hybridized carbons (Fsp3) is 0.417. The molecule has 1 aromatic heterocycles. The third-order valence-corrected chi connectivity index (χ3v) is 3.39. The number of nitro benzene ring substituents is 1. The van der Waals surface area contributed by atoms with Crippen LogP contribution in [0.5, 0.6) is 0 Å². The average molecular weight is 246 g/mol. The summed E-state index contributed by atoms with van der Waals surface area (Å²) >= 11 is 0. The Labute approximate surface area is 104 Å². The van der Waals surface area contributed by atoms with Crippen molar-refractivity contribution in [2.24, 2.45) is 0 Å². The molecule has 94 valence electrons. The van der Waals surface area contributed by atoms with Crippen molar-refractivity contribution in [2.45, 2.75) is 19.3 Å². The number of hydrogen-bond donors (Lipinski definition) is 1. The van der Waals surface area contributed by atoms with Gasteiger partial charge >= 0.3 is 0 Å². The van der Waals surface area contributed by atoms with Crippen LogP contribution < -0.4 is 4.90 Å². The Kier molecular flexibility index (Phi) is 2.62. The SMILES string of the molecule is O=[N+]([O-])c1ccc2c(N3CCCCC3)n[nH]c2c1. The number of non-ortho nitro benzene ring substituents is 1. The number of nitro groups is 1. The zero-order valence-electron chi connectivity index (χ0n) is 9.93.